The van der Waals surface area contributed by atoms with Crippen molar-refractivity contribution in [2.75, 3.05) is 0 Å². The topological polar surface area (TPSA) is 37.3 Å². The predicted molar refractivity (Wildman–Crippen MR) is 101 cm³/mol. The van der Waals surface area contributed by atoms with Gasteiger partial charge in [0.1, 0.15) is 0 Å². The fraction of sp³-hybridized carbons (Fsp3) is 0.571. The van der Waals surface area contributed by atoms with Crippen LogP contribution in [0.3, 0.4) is 0 Å². The molecule has 0 heterocycles. The van der Waals surface area contributed by atoms with Crippen molar-refractivity contribution in [3.05, 3.63) is 48.1 Å². The van der Waals surface area contributed by atoms with Gasteiger partial charge in [0.15, 0.2) is 0 Å². The third-order valence-corrected chi connectivity index (χ3v) is 3.64. The molecule has 0 aliphatic rings. The van der Waals surface area contributed by atoms with Crippen LogP contribution in [0.5, 0.6) is 0 Å². The highest BCUT2D eigenvalue weighted by atomic mass is 16.4. The van der Waals surface area contributed by atoms with Crippen molar-refractivity contribution in [2.45, 2.75) is 78.1 Å². The number of carboxylic acids is 1. The lowest BCUT2D eigenvalue weighted by Crippen LogP contribution is -1.95. The first-order chi connectivity index (χ1) is 11.2. The van der Waals surface area contributed by atoms with Gasteiger partial charge in [0.2, 0.25) is 0 Å². The Bertz CT molecular complexity index is 400. The Hall–Kier alpha value is -1.57. The van der Waals surface area contributed by atoms with Gasteiger partial charge in [-0.3, -0.25) is 0 Å². The summed E-state index contributed by atoms with van der Waals surface area (Å²) in [5, 5.41) is 8.73. The zero-order chi connectivity index (χ0) is 17.2. The number of hydrogen-bond donors (Lipinski definition) is 1. The summed E-state index contributed by atoms with van der Waals surface area (Å²) in [4.78, 5) is 10.6. The molecule has 0 radical (unpaired) electrons. The molecule has 0 aromatic heterocycles. The molecule has 0 atom stereocenters. The molecule has 0 aliphatic heterocycles. The minimum Gasteiger partial charge on any atom is -0.478 e. The van der Waals surface area contributed by atoms with E-state index in [0.717, 1.165) is 32.1 Å². The van der Waals surface area contributed by atoms with E-state index < -0.39 is 5.97 Å². The second-order valence-electron chi connectivity index (χ2n) is 5.83. The van der Waals surface area contributed by atoms with E-state index in [0.29, 0.717) is 5.57 Å². The minimum atomic E-state index is -0.802. The molecule has 0 fully saturated rings. The number of unbranched alkanes of at least 4 members (excludes halogenated alkanes) is 6. The first kappa shape index (κ1) is 21.4. The fourth-order valence-electron chi connectivity index (χ4n) is 2.17. The molecule has 0 bridgehead atoms. The lowest BCUT2D eigenvalue weighted by Gasteiger charge is -1.99. The average molecular weight is 319 g/mol. The monoisotopic (exact) mass is 318 g/mol. The molecule has 0 unspecified atom stereocenters. The molecule has 0 saturated carbocycles. The maximum Gasteiger partial charge on any atom is 0.330 e. The molecular weight excluding hydrogens is 284 g/mol. The van der Waals surface area contributed by atoms with Gasteiger partial charge in [0.05, 0.1) is 0 Å². The van der Waals surface area contributed by atoms with Gasteiger partial charge in [-0.2, -0.15) is 0 Å². The van der Waals surface area contributed by atoms with Crippen LogP contribution in [0.1, 0.15) is 78.1 Å². The van der Waals surface area contributed by atoms with Crippen LogP contribution in [-0.2, 0) is 4.79 Å². The van der Waals surface area contributed by atoms with Crippen LogP contribution < -0.4 is 0 Å². The van der Waals surface area contributed by atoms with Gasteiger partial charge in [-0.25, -0.2) is 4.79 Å². The summed E-state index contributed by atoms with van der Waals surface area (Å²) in [6.07, 6.45) is 26.5. The molecule has 0 aliphatic carbocycles. The second-order valence-corrected chi connectivity index (χ2v) is 5.83. The molecule has 23 heavy (non-hydrogen) atoms. The molecular formula is C21H34O2. The summed E-state index contributed by atoms with van der Waals surface area (Å²) in [6, 6.07) is 0. The lowest BCUT2D eigenvalue weighted by atomic mass is 10.1. The van der Waals surface area contributed by atoms with Crippen LogP contribution in [0.4, 0.5) is 0 Å². The van der Waals surface area contributed by atoms with E-state index in [1.807, 2.05) is 6.08 Å². The molecule has 0 aromatic rings. The first-order valence-electron chi connectivity index (χ1n) is 9.03. The number of allylic oxidation sites excluding steroid dienone is 7. The van der Waals surface area contributed by atoms with Crippen molar-refractivity contribution in [1.29, 1.82) is 0 Å². The lowest BCUT2D eigenvalue weighted by molar-refractivity contribution is -0.132. The molecule has 0 amide bonds. The van der Waals surface area contributed by atoms with E-state index in [1.54, 1.807) is 6.92 Å². The standard InChI is InChI=1S/C21H34O2/c1-3-4-5-6-7-8-9-10-11-12-13-14-15-16-17-18-19-20(2)21(22)23/h4-5,7-8,10-11,19H,3,6,9,12-18H2,1-2H3,(H,22,23). The zero-order valence-corrected chi connectivity index (χ0v) is 15.0. The maximum atomic E-state index is 10.6. The summed E-state index contributed by atoms with van der Waals surface area (Å²) < 4.78 is 0. The van der Waals surface area contributed by atoms with Crippen molar-refractivity contribution in [1.82, 2.24) is 0 Å². The molecule has 0 rings (SSSR count). The largest absolute Gasteiger partial charge is 0.478 e. The smallest absolute Gasteiger partial charge is 0.330 e. The summed E-state index contributed by atoms with van der Waals surface area (Å²) in [5.41, 5.74) is 0.463. The number of carboxylic acid groups (broad SMARTS) is 1. The van der Waals surface area contributed by atoms with Crippen molar-refractivity contribution >= 4 is 5.97 Å². The Balaban J connectivity index is 3.36. The first-order valence-corrected chi connectivity index (χ1v) is 9.03. The van der Waals surface area contributed by atoms with Crippen molar-refractivity contribution in [3.8, 4) is 0 Å². The molecule has 0 spiro atoms. The van der Waals surface area contributed by atoms with Gasteiger partial charge in [-0.05, 0) is 51.9 Å². The minimum absolute atomic E-state index is 0.463. The van der Waals surface area contributed by atoms with Crippen LogP contribution in [0.2, 0.25) is 0 Å². The van der Waals surface area contributed by atoms with Gasteiger partial charge < -0.3 is 5.11 Å². The summed E-state index contributed by atoms with van der Waals surface area (Å²) in [5.74, 6) is -0.802. The summed E-state index contributed by atoms with van der Waals surface area (Å²) >= 11 is 0. The Morgan fingerprint density at radius 1 is 0.783 bits per heavy atom. The highest BCUT2D eigenvalue weighted by Gasteiger charge is 1.97. The molecule has 130 valence electrons. The molecule has 1 N–H and O–H groups in total. The highest BCUT2D eigenvalue weighted by Crippen LogP contribution is 2.09. The zero-order valence-electron chi connectivity index (χ0n) is 15.0. The SMILES string of the molecule is CCC=CCC=CCC=CCCCCCCCC=C(C)C(=O)O. The fourth-order valence-corrected chi connectivity index (χ4v) is 2.17. The Kier molecular flexibility index (Phi) is 15.6. The average Bonchev–Trinajstić information content (AvgIpc) is 2.54. The van der Waals surface area contributed by atoms with Gasteiger partial charge in [0, 0.05) is 5.57 Å². The predicted octanol–water partition coefficient (Wildman–Crippen LogP) is 6.61. The Morgan fingerprint density at radius 2 is 1.30 bits per heavy atom. The van der Waals surface area contributed by atoms with Crippen LogP contribution in [0.15, 0.2) is 48.1 Å². The normalized spacial score (nSPS) is 12.9. The highest BCUT2D eigenvalue weighted by molar-refractivity contribution is 5.85. The van der Waals surface area contributed by atoms with Crippen LogP contribution in [0, 0.1) is 0 Å². The van der Waals surface area contributed by atoms with E-state index in [4.69, 9.17) is 5.11 Å². The van der Waals surface area contributed by atoms with E-state index >= 15 is 0 Å². The molecule has 2 heteroatoms. The van der Waals surface area contributed by atoms with Crippen molar-refractivity contribution < 1.29 is 9.90 Å². The third kappa shape index (κ3) is 16.6. The van der Waals surface area contributed by atoms with Crippen LogP contribution in [0.25, 0.3) is 0 Å². The summed E-state index contributed by atoms with van der Waals surface area (Å²) in [7, 11) is 0. The van der Waals surface area contributed by atoms with Crippen LogP contribution >= 0.6 is 0 Å². The van der Waals surface area contributed by atoms with Gasteiger partial charge in [-0.1, -0.05) is 68.7 Å². The van der Waals surface area contributed by atoms with Crippen LogP contribution in [-0.4, -0.2) is 11.1 Å². The number of rotatable bonds is 14. The van der Waals surface area contributed by atoms with E-state index in [-0.39, 0.29) is 0 Å². The number of aliphatic carboxylic acids is 1. The Morgan fingerprint density at radius 3 is 1.91 bits per heavy atom. The van der Waals surface area contributed by atoms with Crippen molar-refractivity contribution in [3.63, 3.8) is 0 Å². The Labute approximate surface area is 142 Å². The molecule has 0 saturated heterocycles. The van der Waals surface area contributed by atoms with E-state index in [1.165, 1.54) is 32.1 Å². The van der Waals surface area contributed by atoms with Crippen molar-refractivity contribution in [2.24, 2.45) is 0 Å². The summed E-state index contributed by atoms with van der Waals surface area (Å²) in [6.45, 7) is 3.81. The second kappa shape index (κ2) is 16.8. The van der Waals surface area contributed by atoms with E-state index in [2.05, 4.69) is 43.4 Å². The molecule has 2 nitrogen and oxygen atoms in total. The van der Waals surface area contributed by atoms with Gasteiger partial charge in [-0.15, -0.1) is 0 Å². The number of carbonyl (C=O) groups is 1. The number of hydrogen-bond acceptors (Lipinski definition) is 1. The van der Waals surface area contributed by atoms with E-state index in [9.17, 15) is 4.79 Å². The maximum absolute atomic E-state index is 10.6. The van der Waals surface area contributed by atoms with Gasteiger partial charge >= 0.3 is 5.97 Å². The third-order valence-electron chi connectivity index (χ3n) is 3.64. The molecule has 0 aromatic carbocycles. The van der Waals surface area contributed by atoms with Gasteiger partial charge in [0.25, 0.3) is 0 Å². The quantitative estimate of drug-likeness (QED) is 0.222.